The summed E-state index contributed by atoms with van der Waals surface area (Å²) >= 11 is 0. The van der Waals surface area contributed by atoms with Gasteiger partial charge in [-0.25, -0.2) is 0 Å². The molecule has 1 rings (SSSR count). The normalized spacial score (nSPS) is 10.8. The summed E-state index contributed by atoms with van der Waals surface area (Å²) in [5.41, 5.74) is 0.248. The number of phenolic OH excluding ortho intramolecular Hbond substituents is 1. The van der Waals surface area contributed by atoms with Gasteiger partial charge in [0.1, 0.15) is 11.5 Å². The molecule has 0 saturated carbocycles. The van der Waals surface area contributed by atoms with Crippen LogP contribution in [0.1, 0.15) is 107 Å². The second-order valence-corrected chi connectivity index (χ2v) is 7.25. The molecular weight excluding hydrogens is 324 g/mol. The number of benzene rings is 1. The van der Waals surface area contributed by atoms with Gasteiger partial charge in [0.05, 0.1) is 12.2 Å². The Bertz CT molecular complexity index is 471. The molecule has 0 bridgehead atoms. The standard InChI is InChI=1S/C23H38O3/c1-2-3-4-5-6-7-8-9-10-11-12-13-14-15-19-26-23-18-16-17-22(25)21(23)20-24/h16-18,20,25H,2-15,19H2,1H3. The third kappa shape index (κ3) is 10.5. The lowest BCUT2D eigenvalue weighted by atomic mass is 10.0. The first-order valence-electron chi connectivity index (χ1n) is 10.7. The molecule has 0 aromatic heterocycles. The summed E-state index contributed by atoms with van der Waals surface area (Å²) in [5.74, 6) is 0.466. The molecule has 0 atom stereocenters. The fourth-order valence-corrected chi connectivity index (χ4v) is 3.26. The molecule has 3 heteroatoms. The zero-order valence-electron chi connectivity index (χ0n) is 16.7. The minimum atomic E-state index is -0.0153. The molecule has 3 nitrogen and oxygen atoms in total. The van der Waals surface area contributed by atoms with Crippen LogP contribution in [0, 0.1) is 0 Å². The molecule has 0 fully saturated rings. The van der Waals surface area contributed by atoms with Crippen LogP contribution in [0.25, 0.3) is 0 Å². The first-order chi connectivity index (χ1) is 12.8. The monoisotopic (exact) mass is 362 g/mol. The Labute approximate surface area is 160 Å². The molecule has 0 spiro atoms. The number of hydrogen-bond donors (Lipinski definition) is 1. The molecule has 0 radical (unpaired) electrons. The Morgan fingerprint density at radius 3 is 1.81 bits per heavy atom. The Kier molecular flexibility index (Phi) is 13.6. The highest BCUT2D eigenvalue weighted by Crippen LogP contribution is 2.25. The van der Waals surface area contributed by atoms with Crippen molar-refractivity contribution in [1.82, 2.24) is 0 Å². The molecule has 0 unspecified atom stereocenters. The predicted molar refractivity (Wildman–Crippen MR) is 109 cm³/mol. The molecular formula is C23H38O3. The summed E-state index contributed by atoms with van der Waals surface area (Å²) in [6.07, 6.45) is 19.3. The quantitative estimate of drug-likeness (QED) is 0.238. The number of unbranched alkanes of at least 4 members (excludes halogenated alkanes) is 13. The minimum Gasteiger partial charge on any atom is -0.507 e. The van der Waals surface area contributed by atoms with E-state index in [1.165, 1.54) is 83.1 Å². The van der Waals surface area contributed by atoms with E-state index in [1.807, 2.05) is 0 Å². The van der Waals surface area contributed by atoms with Crippen LogP contribution >= 0.6 is 0 Å². The van der Waals surface area contributed by atoms with E-state index in [2.05, 4.69) is 6.92 Å². The summed E-state index contributed by atoms with van der Waals surface area (Å²) in [4.78, 5) is 11.0. The molecule has 0 amide bonds. The number of hydrogen-bond acceptors (Lipinski definition) is 3. The third-order valence-electron chi connectivity index (χ3n) is 4.92. The molecule has 0 aliphatic rings. The lowest BCUT2D eigenvalue weighted by Crippen LogP contribution is -2.00. The van der Waals surface area contributed by atoms with Gasteiger partial charge >= 0.3 is 0 Å². The molecule has 0 saturated heterocycles. The highest BCUT2D eigenvalue weighted by Gasteiger charge is 2.07. The number of phenols is 1. The summed E-state index contributed by atoms with van der Waals surface area (Å²) < 4.78 is 5.62. The van der Waals surface area contributed by atoms with Crippen molar-refractivity contribution in [3.63, 3.8) is 0 Å². The van der Waals surface area contributed by atoms with Gasteiger partial charge in [-0.1, -0.05) is 96.5 Å². The van der Waals surface area contributed by atoms with Crippen LogP contribution in [0.3, 0.4) is 0 Å². The molecule has 1 aromatic carbocycles. The van der Waals surface area contributed by atoms with Crippen molar-refractivity contribution in [1.29, 1.82) is 0 Å². The average Bonchev–Trinajstić information content (AvgIpc) is 2.65. The maximum atomic E-state index is 11.0. The van der Waals surface area contributed by atoms with Crippen LogP contribution in [0.2, 0.25) is 0 Å². The van der Waals surface area contributed by atoms with Gasteiger partial charge in [-0.2, -0.15) is 0 Å². The van der Waals surface area contributed by atoms with Crippen LogP contribution in [0.4, 0.5) is 0 Å². The summed E-state index contributed by atoms with van der Waals surface area (Å²) in [6.45, 7) is 2.87. The Morgan fingerprint density at radius 1 is 0.808 bits per heavy atom. The smallest absolute Gasteiger partial charge is 0.157 e. The van der Waals surface area contributed by atoms with Crippen LogP contribution < -0.4 is 4.74 Å². The predicted octanol–water partition coefficient (Wildman–Crippen LogP) is 7.06. The van der Waals surface area contributed by atoms with Crippen molar-refractivity contribution in [2.24, 2.45) is 0 Å². The summed E-state index contributed by atoms with van der Waals surface area (Å²) in [5, 5.41) is 9.61. The molecule has 0 aliphatic heterocycles. The van der Waals surface area contributed by atoms with Crippen molar-refractivity contribution in [3.8, 4) is 11.5 Å². The Hall–Kier alpha value is -1.51. The van der Waals surface area contributed by atoms with Gasteiger partial charge in [0.25, 0.3) is 0 Å². The van der Waals surface area contributed by atoms with Crippen molar-refractivity contribution in [2.45, 2.75) is 96.8 Å². The van der Waals surface area contributed by atoms with Crippen molar-refractivity contribution < 1.29 is 14.6 Å². The van der Waals surface area contributed by atoms with Gasteiger partial charge in [-0.05, 0) is 18.6 Å². The van der Waals surface area contributed by atoms with Crippen molar-refractivity contribution in [3.05, 3.63) is 23.8 Å². The van der Waals surface area contributed by atoms with E-state index in [0.717, 1.165) is 12.8 Å². The van der Waals surface area contributed by atoms with Crippen molar-refractivity contribution >= 4 is 6.29 Å². The van der Waals surface area contributed by atoms with Crippen molar-refractivity contribution in [2.75, 3.05) is 6.61 Å². The van der Waals surface area contributed by atoms with Crippen LogP contribution in [-0.4, -0.2) is 18.0 Å². The lowest BCUT2D eigenvalue weighted by molar-refractivity contribution is 0.111. The molecule has 1 N–H and O–H groups in total. The SMILES string of the molecule is CCCCCCCCCCCCCCCCOc1cccc(O)c1C=O. The largest absolute Gasteiger partial charge is 0.507 e. The number of aldehydes is 1. The van der Waals surface area contributed by atoms with E-state index in [9.17, 15) is 9.90 Å². The van der Waals surface area contributed by atoms with E-state index in [0.29, 0.717) is 18.6 Å². The van der Waals surface area contributed by atoms with Crippen LogP contribution in [-0.2, 0) is 0 Å². The number of aromatic hydroxyl groups is 1. The zero-order chi connectivity index (χ0) is 18.9. The minimum absolute atomic E-state index is 0.0153. The van der Waals surface area contributed by atoms with E-state index < -0.39 is 0 Å². The first kappa shape index (κ1) is 22.5. The average molecular weight is 363 g/mol. The van der Waals surface area contributed by atoms with E-state index in [4.69, 9.17) is 4.74 Å². The Morgan fingerprint density at radius 2 is 1.31 bits per heavy atom. The molecule has 26 heavy (non-hydrogen) atoms. The van der Waals surface area contributed by atoms with Gasteiger partial charge in [0.15, 0.2) is 6.29 Å². The lowest BCUT2D eigenvalue weighted by Gasteiger charge is -2.09. The number of ether oxygens (including phenoxy) is 1. The van der Waals surface area contributed by atoms with Gasteiger partial charge in [-0.15, -0.1) is 0 Å². The van der Waals surface area contributed by atoms with Gasteiger partial charge in [0.2, 0.25) is 0 Å². The maximum Gasteiger partial charge on any atom is 0.157 e. The third-order valence-corrected chi connectivity index (χ3v) is 4.92. The zero-order valence-corrected chi connectivity index (χ0v) is 16.7. The topological polar surface area (TPSA) is 46.5 Å². The van der Waals surface area contributed by atoms with Gasteiger partial charge in [-0.3, -0.25) is 4.79 Å². The Balaban J connectivity index is 1.88. The molecule has 148 valence electrons. The van der Waals surface area contributed by atoms with Crippen LogP contribution in [0.15, 0.2) is 18.2 Å². The number of carbonyl (C=O) groups is 1. The number of carbonyl (C=O) groups excluding carboxylic acids is 1. The highest BCUT2D eigenvalue weighted by molar-refractivity contribution is 5.83. The molecule has 0 aliphatic carbocycles. The van der Waals surface area contributed by atoms with Gasteiger partial charge < -0.3 is 9.84 Å². The molecule has 1 aromatic rings. The second-order valence-electron chi connectivity index (χ2n) is 7.25. The van der Waals surface area contributed by atoms with Crippen LogP contribution in [0.5, 0.6) is 11.5 Å². The van der Waals surface area contributed by atoms with E-state index in [1.54, 1.807) is 12.1 Å². The fourth-order valence-electron chi connectivity index (χ4n) is 3.26. The highest BCUT2D eigenvalue weighted by atomic mass is 16.5. The summed E-state index contributed by atoms with van der Waals surface area (Å²) in [6, 6.07) is 4.93. The maximum absolute atomic E-state index is 11.0. The number of rotatable bonds is 17. The fraction of sp³-hybridized carbons (Fsp3) is 0.696. The second kappa shape index (κ2) is 15.7. The first-order valence-corrected chi connectivity index (χ1v) is 10.7. The van der Waals surface area contributed by atoms with E-state index in [-0.39, 0.29) is 11.3 Å². The van der Waals surface area contributed by atoms with E-state index >= 15 is 0 Å². The summed E-state index contributed by atoms with van der Waals surface area (Å²) in [7, 11) is 0. The molecule has 0 heterocycles. The van der Waals surface area contributed by atoms with Gasteiger partial charge in [0, 0.05) is 0 Å².